The van der Waals surface area contributed by atoms with Gasteiger partial charge in [-0.15, -0.1) is 0 Å². The first-order valence-corrected chi connectivity index (χ1v) is 11.2. The Morgan fingerprint density at radius 3 is 2.56 bits per heavy atom. The second kappa shape index (κ2) is 11.5. The SMILES string of the molecule is COC(=O)c1ccccc1CN(CCC(C)C)Cc1cccn1Cc1cccc(OC)c1. The van der Waals surface area contributed by atoms with Gasteiger partial charge in [0, 0.05) is 31.5 Å². The zero-order valence-corrected chi connectivity index (χ0v) is 19.6. The minimum absolute atomic E-state index is 0.286. The molecule has 0 saturated heterocycles. The fraction of sp³-hybridized carbons (Fsp3) is 0.370. The van der Waals surface area contributed by atoms with Gasteiger partial charge in [-0.2, -0.15) is 0 Å². The molecule has 1 heterocycles. The van der Waals surface area contributed by atoms with Gasteiger partial charge in [0.25, 0.3) is 0 Å². The van der Waals surface area contributed by atoms with E-state index in [-0.39, 0.29) is 5.97 Å². The van der Waals surface area contributed by atoms with Gasteiger partial charge in [-0.3, -0.25) is 4.90 Å². The average Bonchev–Trinajstić information content (AvgIpc) is 3.23. The normalized spacial score (nSPS) is 11.2. The van der Waals surface area contributed by atoms with Crippen LogP contribution in [0.3, 0.4) is 0 Å². The summed E-state index contributed by atoms with van der Waals surface area (Å²) in [6.07, 6.45) is 3.22. The van der Waals surface area contributed by atoms with Gasteiger partial charge in [0.1, 0.15) is 5.75 Å². The maximum atomic E-state index is 12.3. The monoisotopic (exact) mass is 434 g/mol. The Morgan fingerprint density at radius 1 is 1.00 bits per heavy atom. The molecule has 0 aliphatic rings. The smallest absolute Gasteiger partial charge is 0.338 e. The average molecular weight is 435 g/mol. The number of carbonyl (C=O) groups is 1. The Balaban J connectivity index is 1.80. The molecule has 0 fully saturated rings. The van der Waals surface area contributed by atoms with E-state index in [4.69, 9.17) is 9.47 Å². The van der Waals surface area contributed by atoms with Crippen molar-refractivity contribution < 1.29 is 14.3 Å². The van der Waals surface area contributed by atoms with E-state index in [9.17, 15) is 4.79 Å². The zero-order chi connectivity index (χ0) is 22.9. The van der Waals surface area contributed by atoms with Crippen molar-refractivity contribution in [2.75, 3.05) is 20.8 Å². The first kappa shape index (κ1) is 23.6. The Hall–Kier alpha value is -3.05. The number of hydrogen-bond acceptors (Lipinski definition) is 4. The molecule has 32 heavy (non-hydrogen) atoms. The summed E-state index contributed by atoms with van der Waals surface area (Å²) in [5.41, 5.74) is 4.07. The number of ether oxygens (including phenoxy) is 2. The van der Waals surface area contributed by atoms with Crippen molar-refractivity contribution in [3.63, 3.8) is 0 Å². The maximum Gasteiger partial charge on any atom is 0.338 e. The Labute approximate surface area is 191 Å². The predicted octanol–water partition coefficient (Wildman–Crippen LogP) is 5.38. The lowest BCUT2D eigenvalue weighted by atomic mass is 10.1. The molecule has 170 valence electrons. The summed E-state index contributed by atoms with van der Waals surface area (Å²) >= 11 is 0. The second-order valence-electron chi connectivity index (χ2n) is 8.52. The van der Waals surface area contributed by atoms with Crippen LogP contribution in [0.25, 0.3) is 0 Å². The summed E-state index contributed by atoms with van der Waals surface area (Å²) in [5.74, 6) is 1.19. The van der Waals surface area contributed by atoms with Gasteiger partial charge in [-0.1, -0.05) is 44.2 Å². The van der Waals surface area contributed by atoms with Gasteiger partial charge in [0.05, 0.1) is 19.8 Å². The number of aromatic nitrogens is 1. The summed E-state index contributed by atoms with van der Waals surface area (Å²) in [6.45, 7) is 7.73. The van der Waals surface area contributed by atoms with Crippen molar-refractivity contribution in [1.29, 1.82) is 0 Å². The molecule has 3 aromatic rings. The van der Waals surface area contributed by atoms with Crippen molar-refractivity contribution in [2.24, 2.45) is 5.92 Å². The lowest BCUT2D eigenvalue weighted by molar-refractivity contribution is 0.0598. The molecule has 0 aliphatic carbocycles. The molecule has 0 unspecified atom stereocenters. The van der Waals surface area contributed by atoms with Crippen LogP contribution in [0.5, 0.6) is 5.75 Å². The van der Waals surface area contributed by atoms with E-state index >= 15 is 0 Å². The van der Waals surface area contributed by atoms with Crippen LogP contribution in [0.1, 0.15) is 47.4 Å². The maximum absolute atomic E-state index is 12.3. The van der Waals surface area contributed by atoms with E-state index in [0.29, 0.717) is 18.0 Å². The Kier molecular flexibility index (Phi) is 8.51. The van der Waals surface area contributed by atoms with Crippen molar-refractivity contribution in [3.05, 3.63) is 89.2 Å². The molecule has 0 spiro atoms. The van der Waals surface area contributed by atoms with Crippen molar-refractivity contribution >= 4 is 5.97 Å². The molecule has 5 heteroatoms. The summed E-state index contributed by atoms with van der Waals surface area (Å²) in [4.78, 5) is 14.7. The minimum atomic E-state index is -0.286. The number of esters is 1. The van der Waals surface area contributed by atoms with Gasteiger partial charge in [0.15, 0.2) is 0 Å². The molecular formula is C27H34N2O3. The molecule has 0 N–H and O–H groups in total. The molecular weight excluding hydrogens is 400 g/mol. The van der Waals surface area contributed by atoms with Crippen molar-refractivity contribution in [2.45, 2.75) is 39.9 Å². The van der Waals surface area contributed by atoms with Crippen LogP contribution in [-0.2, 0) is 24.4 Å². The van der Waals surface area contributed by atoms with E-state index in [1.807, 2.05) is 36.4 Å². The molecule has 0 radical (unpaired) electrons. The van der Waals surface area contributed by atoms with Gasteiger partial charge in [-0.05, 0) is 60.3 Å². The second-order valence-corrected chi connectivity index (χ2v) is 8.52. The van der Waals surface area contributed by atoms with Crippen LogP contribution in [0.15, 0.2) is 66.9 Å². The van der Waals surface area contributed by atoms with Crippen LogP contribution >= 0.6 is 0 Å². The molecule has 0 saturated carbocycles. The van der Waals surface area contributed by atoms with E-state index in [1.165, 1.54) is 18.4 Å². The molecule has 0 amide bonds. The standard InChI is InChI=1S/C27H34N2O3/c1-21(2)14-16-28(19-23-10-5-6-13-26(23)27(30)32-4)20-24-11-8-15-29(24)18-22-9-7-12-25(17-22)31-3/h5-13,15,17,21H,14,16,18-20H2,1-4H3. The predicted molar refractivity (Wildman–Crippen MR) is 128 cm³/mol. The number of benzene rings is 2. The van der Waals surface area contributed by atoms with Gasteiger partial charge < -0.3 is 14.0 Å². The van der Waals surface area contributed by atoms with Crippen LogP contribution in [0.2, 0.25) is 0 Å². The largest absolute Gasteiger partial charge is 0.497 e. The van der Waals surface area contributed by atoms with Crippen LogP contribution in [-0.4, -0.2) is 36.2 Å². The highest BCUT2D eigenvalue weighted by Gasteiger charge is 2.16. The fourth-order valence-electron chi connectivity index (χ4n) is 3.81. The van der Waals surface area contributed by atoms with Crippen LogP contribution in [0, 0.1) is 5.92 Å². The highest BCUT2D eigenvalue weighted by atomic mass is 16.5. The summed E-state index contributed by atoms with van der Waals surface area (Å²) in [6, 6.07) is 20.2. The van der Waals surface area contributed by atoms with E-state index in [1.54, 1.807) is 7.11 Å². The van der Waals surface area contributed by atoms with Crippen LogP contribution < -0.4 is 4.74 Å². The zero-order valence-electron chi connectivity index (χ0n) is 19.6. The van der Waals surface area contributed by atoms with Crippen LogP contribution in [0.4, 0.5) is 0 Å². The highest BCUT2D eigenvalue weighted by molar-refractivity contribution is 5.90. The third-order valence-electron chi connectivity index (χ3n) is 5.64. The van der Waals surface area contributed by atoms with Crippen molar-refractivity contribution in [3.8, 4) is 5.75 Å². The molecule has 2 aromatic carbocycles. The Bertz CT molecular complexity index is 1010. The van der Waals surface area contributed by atoms with E-state index in [2.05, 4.69) is 53.8 Å². The molecule has 0 aliphatic heterocycles. The third kappa shape index (κ3) is 6.47. The topological polar surface area (TPSA) is 43.7 Å². The molecule has 0 atom stereocenters. The lowest BCUT2D eigenvalue weighted by Gasteiger charge is -2.25. The number of nitrogens with zero attached hydrogens (tertiary/aromatic N) is 2. The molecule has 0 bridgehead atoms. The number of rotatable bonds is 11. The summed E-state index contributed by atoms with van der Waals surface area (Å²) in [5, 5.41) is 0. The van der Waals surface area contributed by atoms with Gasteiger partial charge >= 0.3 is 5.97 Å². The van der Waals surface area contributed by atoms with Gasteiger partial charge in [-0.25, -0.2) is 4.79 Å². The first-order chi connectivity index (χ1) is 15.5. The Morgan fingerprint density at radius 2 is 1.81 bits per heavy atom. The quantitative estimate of drug-likeness (QED) is 0.380. The summed E-state index contributed by atoms with van der Waals surface area (Å²) < 4.78 is 12.7. The first-order valence-electron chi connectivity index (χ1n) is 11.2. The molecule has 1 aromatic heterocycles. The highest BCUT2D eigenvalue weighted by Crippen LogP contribution is 2.19. The lowest BCUT2D eigenvalue weighted by Crippen LogP contribution is -2.27. The summed E-state index contributed by atoms with van der Waals surface area (Å²) in [7, 11) is 3.13. The molecule has 3 rings (SSSR count). The number of methoxy groups -OCH3 is 2. The number of hydrogen-bond donors (Lipinski definition) is 0. The van der Waals surface area contributed by atoms with Crippen molar-refractivity contribution in [1.82, 2.24) is 9.47 Å². The molecule has 5 nitrogen and oxygen atoms in total. The van der Waals surface area contributed by atoms with E-state index < -0.39 is 0 Å². The third-order valence-corrected chi connectivity index (χ3v) is 5.64. The minimum Gasteiger partial charge on any atom is -0.497 e. The van der Waals surface area contributed by atoms with Gasteiger partial charge in [0.2, 0.25) is 0 Å². The number of carbonyl (C=O) groups excluding carboxylic acids is 1. The fourth-order valence-corrected chi connectivity index (χ4v) is 3.81. The van der Waals surface area contributed by atoms with E-state index in [0.717, 1.165) is 37.4 Å².